The maximum atomic E-state index is 5.35. The third kappa shape index (κ3) is 3.28. The highest BCUT2D eigenvalue weighted by Crippen LogP contribution is 2.13. The zero-order valence-electron chi connectivity index (χ0n) is 10.9. The van der Waals surface area contributed by atoms with Gasteiger partial charge in [0.1, 0.15) is 0 Å². The number of nitrogens with one attached hydrogen (secondary N) is 1. The Bertz CT molecular complexity index is 352. The first kappa shape index (κ1) is 12.5. The quantitative estimate of drug-likeness (QED) is 0.829. The van der Waals surface area contributed by atoms with E-state index in [1.165, 1.54) is 0 Å². The van der Waals surface area contributed by atoms with Crippen LogP contribution in [0.1, 0.15) is 18.4 Å². The summed E-state index contributed by atoms with van der Waals surface area (Å²) in [7, 11) is 4.09. The van der Waals surface area contributed by atoms with Gasteiger partial charge in [-0.15, -0.1) is 0 Å². The molecule has 96 valence electrons. The number of likely N-dealkylation sites (N-methyl/N-ethyl adjacent to an activating group) is 1. The van der Waals surface area contributed by atoms with E-state index < -0.39 is 0 Å². The second-order valence-corrected chi connectivity index (χ2v) is 4.90. The SMILES string of the molecule is CNCc1cc(CN2CCN(C)CC2C)on1. The Morgan fingerprint density at radius 2 is 2.35 bits per heavy atom. The third-order valence-corrected chi connectivity index (χ3v) is 3.29. The van der Waals surface area contributed by atoms with E-state index in [0.717, 1.165) is 44.2 Å². The highest BCUT2D eigenvalue weighted by Gasteiger charge is 2.22. The molecule has 0 amide bonds. The number of rotatable bonds is 4. The van der Waals surface area contributed by atoms with Gasteiger partial charge >= 0.3 is 0 Å². The third-order valence-electron chi connectivity index (χ3n) is 3.29. The van der Waals surface area contributed by atoms with Gasteiger partial charge in [0.2, 0.25) is 0 Å². The first-order valence-electron chi connectivity index (χ1n) is 6.20. The van der Waals surface area contributed by atoms with Gasteiger partial charge in [-0.25, -0.2) is 0 Å². The van der Waals surface area contributed by atoms with Crippen LogP contribution in [-0.4, -0.2) is 54.7 Å². The normalized spacial score (nSPS) is 23.1. The summed E-state index contributed by atoms with van der Waals surface area (Å²) in [6, 6.07) is 2.62. The van der Waals surface area contributed by atoms with E-state index in [1.54, 1.807) is 0 Å². The molecule has 0 radical (unpaired) electrons. The van der Waals surface area contributed by atoms with Crippen LogP contribution in [0.5, 0.6) is 0 Å². The summed E-state index contributed by atoms with van der Waals surface area (Å²) in [6.07, 6.45) is 0. The van der Waals surface area contributed by atoms with Gasteiger partial charge in [0, 0.05) is 38.3 Å². The molecular formula is C12H22N4O. The highest BCUT2D eigenvalue weighted by molar-refractivity contribution is 5.05. The van der Waals surface area contributed by atoms with Crippen molar-refractivity contribution in [3.8, 4) is 0 Å². The molecule has 1 aromatic rings. The van der Waals surface area contributed by atoms with Crippen LogP contribution in [0.25, 0.3) is 0 Å². The van der Waals surface area contributed by atoms with E-state index >= 15 is 0 Å². The smallest absolute Gasteiger partial charge is 0.151 e. The molecule has 5 nitrogen and oxygen atoms in total. The van der Waals surface area contributed by atoms with Gasteiger partial charge in [0.25, 0.3) is 0 Å². The molecule has 0 aliphatic carbocycles. The lowest BCUT2D eigenvalue weighted by atomic mass is 10.2. The van der Waals surface area contributed by atoms with Crippen LogP contribution in [0.15, 0.2) is 10.6 Å². The average Bonchev–Trinajstić information content (AvgIpc) is 2.71. The van der Waals surface area contributed by atoms with Crippen molar-refractivity contribution in [3.63, 3.8) is 0 Å². The molecule has 2 rings (SSSR count). The first-order valence-corrected chi connectivity index (χ1v) is 6.20. The van der Waals surface area contributed by atoms with Gasteiger partial charge < -0.3 is 14.7 Å². The van der Waals surface area contributed by atoms with E-state index in [9.17, 15) is 0 Å². The van der Waals surface area contributed by atoms with E-state index in [2.05, 4.69) is 34.2 Å². The topological polar surface area (TPSA) is 44.5 Å². The van der Waals surface area contributed by atoms with Crippen molar-refractivity contribution < 1.29 is 4.52 Å². The lowest BCUT2D eigenvalue weighted by molar-refractivity contribution is 0.0853. The highest BCUT2D eigenvalue weighted by atomic mass is 16.5. The molecule has 0 saturated carbocycles. The fraction of sp³-hybridized carbons (Fsp3) is 0.750. The Morgan fingerprint density at radius 1 is 1.53 bits per heavy atom. The molecule has 5 heteroatoms. The van der Waals surface area contributed by atoms with Crippen LogP contribution in [-0.2, 0) is 13.1 Å². The number of aromatic nitrogens is 1. The zero-order valence-corrected chi connectivity index (χ0v) is 10.9. The fourth-order valence-corrected chi connectivity index (χ4v) is 2.31. The molecule has 1 aliphatic heterocycles. The Hall–Kier alpha value is -0.910. The monoisotopic (exact) mass is 238 g/mol. The van der Waals surface area contributed by atoms with Gasteiger partial charge in [-0.05, 0) is 21.0 Å². The van der Waals surface area contributed by atoms with Crippen molar-refractivity contribution >= 4 is 0 Å². The number of hydrogen-bond donors (Lipinski definition) is 1. The van der Waals surface area contributed by atoms with Crippen molar-refractivity contribution in [1.29, 1.82) is 0 Å². The minimum absolute atomic E-state index is 0.576. The van der Waals surface area contributed by atoms with Crippen LogP contribution >= 0.6 is 0 Å². The Balaban J connectivity index is 1.91. The van der Waals surface area contributed by atoms with Gasteiger partial charge in [0.15, 0.2) is 5.76 Å². The predicted octanol–water partition coefficient (Wildman–Crippen LogP) is 0.530. The van der Waals surface area contributed by atoms with Crippen molar-refractivity contribution in [2.45, 2.75) is 26.1 Å². The molecule has 0 spiro atoms. The molecule has 1 saturated heterocycles. The van der Waals surface area contributed by atoms with Crippen molar-refractivity contribution in [3.05, 3.63) is 17.5 Å². The predicted molar refractivity (Wildman–Crippen MR) is 66.6 cm³/mol. The second-order valence-electron chi connectivity index (χ2n) is 4.90. The molecule has 1 aromatic heterocycles. The van der Waals surface area contributed by atoms with Crippen molar-refractivity contribution in [2.24, 2.45) is 0 Å². The second kappa shape index (κ2) is 5.62. The lowest BCUT2D eigenvalue weighted by Crippen LogP contribution is -2.49. The van der Waals surface area contributed by atoms with Gasteiger partial charge in [-0.2, -0.15) is 0 Å². The van der Waals surface area contributed by atoms with Crippen LogP contribution in [0, 0.1) is 0 Å². The summed E-state index contributed by atoms with van der Waals surface area (Å²) in [6.45, 7) is 7.24. The van der Waals surface area contributed by atoms with E-state index in [0.29, 0.717) is 6.04 Å². The summed E-state index contributed by atoms with van der Waals surface area (Å²) >= 11 is 0. The van der Waals surface area contributed by atoms with Gasteiger partial charge in [0.05, 0.1) is 12.2 Å². The average molecular weight is 238 g/mol. The molecule has 1 aliphatic rings. The van der Waals surface area contributed by atoms with Crippen molar-refractivity contribution in [1.82, 2.24) is 20.3 Å². The standard InChI is InChI=1S/C12H22N4O/c1-10-8-15(3)4-5-16(10)9-12-6-11(7-13-2)14-17-12/h6,10,13H,4-5,7-9H2,1-3H3. The minimum atomic E-state index is 0.576. The maximum Gasteiger partial charge on any atom is 0.151 e. The van der Waals surface area contributed by atoms with Gasteiger partial charge in [-0.1, -0.05) is 5.16 Å². The lowest BCUT2D eigenvalue weighted by Gasteiger charge is -2.37. The zero-order chi connectivity index (χ0) is 12.3. The summed E-state index contributed by atoms with van der Waals surface area (Å²) < 4.78 is 5.35. The number of piperazine rings is 1. The van der Waals surface area contributed by atoms with Gasteiger partial charge in [-0.3, -0.25) is 4.90 Å². The van der Waals surface area contributed by atoms with Crippen LogP contribution in [0.3, 0.4) is 0 Å². The summed E-state index contributed by atoms with van der Waals surface area (Å²) in [5.41, 5.74) is 0.976. The summed E-state index contributed by atoms with van der Waals surface area (Å²) in [4.78, 5) is 4.82. The Labute approximate surface area is 103 Å². The van der Waals surface area contributed by atoms with E-state index in [4.69, 9.17) is 4.52 Å². The van der Waals surface area contributed by atoms with Crippen LogP contribution in [0.4, 0.5) is 0 Å². The molecule has 2 heterocycles. The molecule has 0 aromatic carbocycles. The van der Waals surface area contributed by atoms with Crippen LogP contribution in [0.2, 0.25) is 0 Å². The molecule has 17 heavy (non-hydrogen) atoms. The molecule has 1 N–H and O–H groups in total. The molecule has 1 atom stereocenters. The minimum Gasteiger partial charge on any atom is -0.360 e. The number of nitrogens with zero attached hydrogens (tertiary/aromatic N) is 3. The molecule has 1 fully saturated rings. The summed E-state index contributed by atoms with van der Waals surface area (Å²) in [5, 5.41) is 7.11. The van der Waals surface area contributed by atoms with Crippen molar-refractivity contribution in [2.75, 3.05) is 33.7 Å². The molecule has 0 bridgehead atoms. The van der Waals surface area contributed by atoms with E-state index in [-0.39, 0.29) is 0 Å². The van der Waals surface area contributed by atoms with E-state index in [1.807, 2.05) is 13.1 Å². The number of hydrogen-bond acceptors (Lipinski definition) is 5. The first-order chi connectivity index (χ1) is 8.19. The molecule has 1 unspecified atom stereocenters. The Kier molecular flexibility index (Phi) is 4.15. The van der Waals surface area contributed by atoms with Crippen LogP contribution < -0.4 is 5.32 Å². The fourth-order valence-electron chi connectivity index (χ4n) is 2.31. The Morgan fingerprint density at radius 3 is 3.06 bits per heavy atom. The largest absolute Gasteiger partial charge is 0.360 e. The summed E-state index contributed by atoms with van der Waals surface area (Å²) in [5.74, 6) is 0.964. The molecular weight excluding hydrogens is 216 g/mol. The maximum absolute atomic E-state index is 5.35.